The van der Waals surface area contributed by atoms with Crippen LogP contribution in [0.1, 0.15) is 29.5 Å². The van der Waals surface area contributed by atoms with Crippen molar-refractivity contribution in [3.8, 4) is 0 Å². The molecule has 0 aliphatic heterocycles. The van der Waals surface area contributed by atoms with Gasteiger partial charge < -0.3 is 0 Å². The van der Waals surface area contributed by atoms with Gasteiger partial charge in [-0.05, 0) is 18.1 Å². The van der Waals surface area contributed by atoms with Gasteiger partial charge in [0.1, 0.15) is 0 Å². The second kappa shape index (κ2) is 4.31. The van der Waals surface area contributed by atoms with E-state index < -0.39 is 0 Å². The van der Waals surface area contributed by atoms with E-state index in [4.69, 9.17) is 0 Å². The minimum atomic E-state index is 0.479. The Kier molecular flexibility index (Phi) is 2.86. The van der Waals surface area contributed by atoms with Crippen molar-refractivity contribution in [1.29, 1.82) is 0 Å². The van der Waals surface area contributed by atoms with Crippen LogP contribution < -0.4 is 0 Å². The summed E-state index contributed by atoms with van der Waals surface area (Å²) < 4.78 is 0. The third-order valence-corrected chi connectivity index (χ3v) is 2.88. The van der Waals surface area contributed by atoms with Crippen LogP contribution in [0.2, 0.25) is 0 Å². The molecule has 0 nitrogen and oxygen atoms in total. The van der Waals surface area contributed by atoms with E-state index in [2.05, 4.69) is 68.4 Å². The molecule has 2 aromatic rings. The van der Waals surface area contributed by atoms with Gasteiger partial charge in [-0.1, -0.05) is 67.1 Å². The fourth-order valence-corrected chi connectivity index (χ4v) is 1.79. The van der Waals surface area contributed by atoms with Gasteiger partial charge in [-0.15, -0.1) is 0 Å². The lowest BCUT2D eigenvalue weighted by atomic mass is 9.93. The van der Waals surface area contributed by atoms with Crippen LogP contribution in [0.25, 0.3) is 0 Å². The fraction of sp³-hybridized carbons (Fsp3) is 0.200. The predicted octanol–water partition coefficient (Wildman–Crippen LogP) is 4.15. The molecule has 1 atom stereocenters. The molecule has 0 fully saturated rings. The fourth-order valence-electron chi connectivity index (χ4n) is 1.79. The molecule has 0 saturated heterocycles. The predicted molar refractivity (Wildman–Crippen MR) is 65.1 cm³/mol. The summed E-state index contributed by atoms with van der Waals surface area (Å²) in [6.45, 7) is 4.37. The zero-order valence-corrected chi connectivity index (χ0v) is 9.27. The monoisotopic (exact) mass is 196 g/mol. The van der Waals surface area contributed by atoms with E-state index in [0.717, 1.165) is 0 Å². The second-order valence-electron chi connectivity index (χ2n) is 4.04. The summed E-state index contributed by atoms with van der Waals surface area (Å²) in [5.41, 5.74) is 4.08. The number of hydrogen-bond acceptors (Lipinski definition) is 0. The van der Waals surface area contributed by atoms with Crippen LogP contribution in [0.3, 0.4) is 0 Å². The highest BCUT2D eigenvalue weighted by Crippen LogP contribution is 2.23. The van der Waals surface area contributed by atoms with Gasteiger partial charge in [0.15, 0.2) is 0 Å². The molecule has 0 aromatic heterocycles. The van der Waals surface area contributed by atoms with Crippen LogP contribution in [0.5, 0.6) is 0 Å². The summed E-state index contributed by atoms with van der Waals surface area (Å²) in [5, 5.41) is 0. The zero-order chi connectivity index (χ0) is 10.7. The summed E-state index contributed by atoms with van der Waals surface area (Å²) >= 11 is 0. The first-order chi connectivity index (χ1) is 7.27. The Morgan fingerprint density at radius 3 is 1.87 bits per heavy atom. The minimum absolute atomic E-state index is 0.479. The highest BCUT2D eigenvalue weighted by Gasteiger charge is 2.06. The lowest BCUT2D eigenvalue weighted by Gasteiger charge is -2.12. The van der Waals surface area contributed by atoms with Crippen LogP contribution in [0.15, 0.2) is 54.6 Å². The van der Waals surface area contributed by atoms with Crippen molar-refractivity contribution in [2.75, 3.05) is 0 Å². The molecular formula is C15H16. The standard InChI is InChI=1S/C15H16/c1-12-8-10-15(11-9-12)13(2)14-6-4-3-5-7-14/h3-11,13H,1-2H3. The summed E-state index contributed by atoms with van der Waals surface area (Å²) in [6.07, 6.45) is 0. The van der Waals surface area contributed by atoms with Crippen molar-refractivity contribution in [1.82, 2.24) is 0 Å². The molecule has 0 radical (unpaired) electrons. The molecule has 0 spiro atoms. The molecule has 15 heavy (non-hydrogen) atoms. The SMILES string of the molecule is Cc1ccc(C(C)c2ccccc2)cc1. The molecule has 2 aromatic carbocycles. The zero-order valence-electron chi connectivity index (χ0n) is 9.27. The lowest BCUT2D eigenvalue weighted by Crippen LogP contribution is -1.95. The van der Waals surface area contributed by atoms with Crippen molar-refractivity contribution < 1.29 is 0 Å². The van der Waals surface area contributed by atoms with Gasteiger partial charge in [0, 0.05) is 5.92 Å². The van der Waals surface area contributed by atoms with E-state index in [1.165, 1.54) is 16.7 Å². The van der Waals surface area contributed by atoms with Gasteiger partial charge in [-0.2, -0.15) is 0 Å². The van der Waals surface area contributed by atoms with E-state index in [1.54, 1.807) is 0 Å². The Hall–Kier alpha value is -1.56. The van der Waals surface area contributed by atoms with Crippen LogP contribution in [0, 0.1) is 6.92 Å². The van der Waals surface area contributed by atoms with E-state index in [9.17, 15) is 0 Å². The average Bonchev–Trinajstić information content (AvgIpc) is 2.30. The molecule has 0 saturated carbocycles. The van der Waals surface area contributed by atoms with E-state index in [0.29, 0.717) is 5.92 Å². The Morgan fingerprint density at radius 1 is 0.733 bits per heavy atom. The Morgan fingerprint density at radius 2 is 1.27 bits per heavy atom. The van der Waals surface area contributed by atoms with Crippen molar-refractivity contribution in [2.45, 2.75) is 19.8 Å². The summed E-state index contributed by atoms with van der Waals surface area (Å²) in [5.74, 6) is 0.479. The number of aryl methyl sites for hydroxylation is 1. The first kappa shape index (κ1) is 9.97. The lowest BCUT2D eigenvalue weighted by molar-refractivity contribution is 0.921. The van der Waals surface area contributed by atoms with E-state index >= 15 is 0 Å². The topological polar surface area (TPSA) is 0 Å². The molecule has 0 amide bonds. The Labute approximate surface area is 91.6 Å². The quantitative estimate of drug-likeness (QED) is 0.677. The average molecular weight is 196 g/mol. The normalized spacial score (nSPS) is 12.4. The maximum atomic E-state index is 2.25. The molecule has 0 bridgehead atoms. The first-order valence-corrected chi connectivity index (χ1v) is 5.39. The van der Waals surface area contributed by atoms with Gasteiger partial charge in [-0.25, -0.2) is 0 Å². The van der Waals surface area contributed by atoms with Crippen molar-refractivity contribution in [3.05, 3.63) is 71.3 Å². The maximum Gasteiger partial charge on any atom is 0.00610 e. The largest absolute Gasteiger partial charge is 0.0622 e. The van der Waals surface area contributed by atoms with Crippen molar-refractivity contribution in [2.24, 2.45) is 0 Å². The number of hydrogen-bond donors (Lipinski definition) is 0. The second-order valence-corrected chi connectivity index (χ2v) is 4.04. The van der Waals surface area contributed by atoms with Crippen LogP contribution in [-0.4, -0.2) is 0 Å². The third kappa shape index (κ3) is 2.27. The minimum Gasteiger partial charge on any atom is -0.0622 e. The smallest absolute Gasteiger partial charge is 0.00610 e. The Balaban J connectivity index is 2.29. The van der Waals surface area contributed by atoms with E-state index in [1.807, 2.05) is 0 Å². The third-order valence-electron chi connectivity index (χ3n) is 2.88. The van der Waals surface area contributed by atoms with Crippen LogP contribution in [0.4, 0.5) is 0 Å². The molecule has 0 heteroatoms. The molecule has 0 aliphatic carbocycles. The molecular weight excluding hydrogens is 180 g/mol. The highest BCUT2D eigenvalue weighted by atomic mass is 14.1. The first-order valence-electron chi connectivity index (χ1n) is 5.39. The molecule has 0 aliphatic rings. The van der Waals surface area contributed by atoms with Gasteiger partial charge in [-0.3, -0.25) is 0 Å². The number of benzene rings is 2. The molecule has 2 rings (SSSR count). The van der Waals surface area contributed by atoms with Gasteiger partial charge >= 0.3 is 0 Å². The van der Waals surface area contributed by atoms with Crippen LogP contribution >= 0.6 is 0 Å². The molecule has 0 heterocycles. The maximum absolute atomic E-state index is 2.25. The Bertz CT molecular complexity index is 412. The summed E-state index contributed by atoms with van der Waals surface area (Å²) in [7, 11) is 0. The highest BCUT2D eigenvalue weighted by molar-refractivity contribution is 5.32. The molecule has 76 valence electrons. The number of rotatable bonds is 2. The van der Waals surface area contributed by atoms with Crippen molar-refractivity contribution >= 4 is 0 Å². The van der Waals surface area contributed by atoms with Gasteiger partial charge in [0.2, 0.25) is 0 Å². The summed E-state index contributed by atoms with van der Waals surface area (Å²) in [6, 6.07) is 19.4. The molecule has 0 N–H and O–H groups in total. The van der Waals surface area contributed by atoms with Crippen molar-refractivity contribution in [3.63, 3.8) is 0 Å². The van der Waals surface area contributed by atoms with Crippen LogP contribution in [-0.2, 0) is 0 Å². The van der Waals surface area contributed by atoms with Gasteiger partial charge in [0.25, 0.3) is 0 Å². The van der Waals surface area contributed by atoms with Gasteiger partial charge in [0.05, 0.1) is 0 Å². The molecule has 1 unspecified atom stereocenters. The van der Waals surface area contributed by atoms with E-state index in [-0.39, 0.29) is 0 Å². The summed E-state index contributed by atoms with van der Waals surface area (Å²) in [4.78, 5) is 0.